The van der Waals surface area contributed by atoms with Crippen LogP contribution in [0.1, 0.15) is 49.7 Å². The first kappa shape index (κ1) is 18.6. The topological polar surface area (TPSA) is 95.7 Å². The SMILES string of the molecule is NC(C(=O)OC1OC(=O)c2ccccc21)c1cccc(C(=O)c2ccccc2)c1. The molecule has 1 heterocycles. The van der Waals surface area contributed by atoms with Crippen LogP contribution in [0.4, 0.5) is 0 Å². The normalized spacial score (nSPS) is 15.9. The van der Waals surface area contributed by atoms with Crippen molar-refractivity contribution in [2.45, 2.75) is 12.3 Å². The van der Waals surface area contributed by atoms with Crippen LogP contribution >= 0.6 is 0 Å². The third-order valence-corrected chi connectivity index (χ3v) is 4.67. The summed E-state index contributed by atoms with van der Waals surface area (Å²) in [4.78, 5) is 37.0. The quantitative estimate of drug-likeness (QED) is 0.533. The van der Waals surface area contributed by atoms with E-state index in [2.05, 4.69) is 0 Å². The molecule has 144 valence electrons. The van der Waals surface area contributed by atoms with Gasteiger partial charge in [0.25, 0.3) is 6.29 Å². The number of benzene rings is 3. The molecule has 1 aliphatic rings. The molecule has 0 saturated carbocycles. The first-order valence-corrected chi connectivity index (χ1v) is 9.00. The van der Waals surface area contributed by atoms with Crippen molar-refractivity contribution in [3.63, 3.8) is 0 Å². The summed E-state index contributed by atoms with van der Waals surface area (Å²) in [5.74, 6) is -1.49. The Morgan fingerprint density at radius 1 is 0.897 bits per heavy atom. The molecule has 2 N–H and O–H groups in total. The van der Waals surface area contributed by atoms with E-state index < -0.39 is 24.3 Å². The van der Waals surface area contributed by atoms with Crippen LogP contribution in [0.2, 0.25) is 0 Å². The zero-order chi connectivity index (χ0) is 20.4. The zero-order valence-corrected chi connectivity index (χ0v) is 15.3. The molecule has 0 radical (unpaired) electrons. The second kappa shape index (κ2) is 7.69. The van der Waals surface area contributed by atoms with E-state index in [4.69, 9.17) is 15.2 Å². The van der Waals surface area contributed by atoms with Gasteiger partial charge in [-0.05, 0) is 17.7 Å². The Morgan fingerprint density at radius 3 is 2.38 bits per heavy atom. The Hall–Kier alpha value is -3.77. The number of rotatable bonds is 5. The standard InChI is InChI=1S/C23H17NO5/c24-19(22(27)29-23-18-12-5-4-11-17(18)21(26)28-23)15-9-6-10-16(13-15)20(25)14-7-2-1-3-8-14/h1-13,19,23H,24H2. The van der Waals surface area contributed by atoms with Crippen LogP contribution in [0, 0.1) is 0 Å². The van der Waals surface area contributed by atoms with E-state index in [0.717, 1.165) is 0 Å². The first-order valence-electron chi connectivity index (χ1n) is 9.00. The molecule has 6 nitrogen and oxygen atoms in total. The minimum atomic E-state index is -1.13. The fourth-order valence-corrected chi connectivity index (χ4v) is 3.14. The number of ether oxygens (including phenoxy) is 2. The van der Waals surface area contributed by atoms with Crippen LogP contribution in [0.3, 0.4) is 0 Å². The van der Waals surface area contributed by atoms with E-state index in [1.165, 1.54) is 0 Å². The highest BCUT2D eigenvalue weighted by Crippen LogP contribution is 2.32. The Bertz CT molecular complexity index is 1090. The third-order valence-electron chi connectivity index (χ3n) is 4.67. The molecule has 0 fully saturated rings. The number of cyclic esters (lactones) is 1. The van der Waals surface area contributed by atoms with Crippen molar-refractivity contribution < 1.29 is 23.9 Å². The summed E-state index contributed by atoms with van der Waals surface area (Å²) in [6.45, 7) is 0. The number of fused-ring (bicyclic) bond motifs is 1. The summed E-state index contributed by atoms with van der Waals surface area (Å²) in [5, 5.41) is 0. The van der Waals surface area contributed by atoms with Gasteiger partial charge >= 0.3 is 11.9 Å². The number of hydrogen-bond acceptors (Lipinski definition) is 6. The molecule has 0 saturated heterocycles. The average molecular weight is 387 g/mol. The van der Waals surface area contributed by atoms with E-state index in [1.54, 1.807) is 72.8 Å². The zero-order valence-electron chi connectivity index (χ0n) is 15.3. The second-order valence-electron chi connectivity index (χ2n) is 6.56. The molecule has 0 aromatic heterocycles. The molecule has 29 heavy (non-hydrogen) atoms. The predicted octanol–water partition coefficient (Wildman–Crippen LogP) is 3.33. The summed E-state index contributed by atoms with van der Waals surface area (Å²) in [6, 6.07) is 20.9. The van der Waals surface area contributed by atoms with E-state index in [-0.39, 0.29) is 5.78 Å². The van der Waals surface area contributed by atoms with E-state index in [0.29, 0.717) is 27.8 Å². The number of esters is 2. The summed E-state index contributed by atoms with van der Waals surface area (Å²) >= 11 is 0. The minimum absolute atomic E-state index is 0.174. The lowest BCUT2D eigenvalue weighted by molar-refractivity contribution is -0.169. The molecule has 2 atom stereocenters. The van der Waals surface area contributed by atoms with Gasteiger partial charge in [-0.25, -0.2) is 9.59 Å². The lowest BCUT2D eigenvalue weighted by atomic mass is 9.99. The summed E-state index contributed by atoms with van der Waals surface area (Å²) in [6.07, 6.45) is -1.13. The van der Waals surface area contributed by atoms with Crippen molar-refractivity contribution in [1.29, 1.82) is 0 Å². The van der Waals surface area contributed by atoms with E-state index in [1.807, 2.05) is 6.07 Å². The molecule has 4 rings (SSSR count). The molecule has 0 amide bonds. The Balaban J connectivity index is 1.51. The van der Waals surface area contributed by atoms with Gasteiger partial charge in [0.05, 0.1) is 5.56 Å². The number of carbonyl (C=O) groups is 3. The molecular weight excluding hydrogens is 370 g/mol. The van der Waals surface area contributed by atoms with Gasteiger partial charge < -0.3 is 15.2 Å². The highest BCUT2D eigenvalue weighted by molar-refractivity contribution is 6.09. The molecule has 0 bridgehead atoms. The van der Waals surface area contributed by atoms with Crippen LogP contribution in [0.5, 0.6) is 0 Å². The number of carbonyl (C=O) groups excluding carboxylic acids is 3. The largest absolute Gasteiger partial charge is 0.419 e. The van der Waals surface area contributed by atoms with Gasteiger partial charge in [-0.2, -0.15) is 0 Å². The maximum absolute atomic E-state index is 12.6. The van der Waals surface area contributed by atoms with Crippen molar-refractivity contribution >= 4 is 17.7 Å². The molecule has 0 aliphatic carbocycles. The van der Waals surface area contributed by atoms with Crippen LogP contribution in [0.15, 0.2) is 78.9 Å². The molecule has 3 aromatic carbocycles. The number of hydrogen-bond donors (Lipinski definition) is 1. The van der Waals surface area contributed by atoms with Gasteiger partial charge in [0.1, 0.15) is 6.04 Å². The lowest BCUT2D eigenvalue weighted by Gasteiger charge is -2.16. The summed E-state index contributed by atoms with van der Waals surface area (Å²) in [5.41, 5.74) is 8.26. The second-order valence-corrected chi connectivity index (χ2v) is 6.56. The highest BCUT2D eigenvalue weighted by Gasteiger charge is 2.34. The Labute approximate surface area is 166 Å². The van der Waals surface area contributed by atoms with Crippen LogP contribution in [-0.4, -0.2) is 17.7 Å². The van der Waals surface area contributed by atoms with E-state index in [9.17, 15) is 14.4 Å². The van der Waals surface area contributed by atoms with Crippen molar-refractivity contribution in [1.82, 2.24) is 0 Å². The summed E-state index contributed by atoms with van der Waals surface area (Å²) in [7, 11) is 0. The van der Waals surface area contributed by atoms with Gasteiger partial charge in [-0.15, -0.1) is 0 Å². The van der Waals surface area contributed by atoms with Crippen LogP contribution in [0.25, 0.3) is 0 Å². The highest BCUT2D eigenvalue weighted by atomic mass is 16.7. The third kappa shape index (κ3) is 3.66. The number of nitrogens with two attached hydrogens (primary N) is 1. The van der Waals surface area contributed by atoms with Gasteiger partial charge in [-0.1, -0.05) is 66.7 Å². The van der Waals surface area contributed by atoms with Crippen molar-refractivity contribution in [2.75, 3.05) is 0 Å². The summed E-state index contributed by atoms with van der Waals surface area (Å²) < 4.78 is 10.4. The Kier molecular flexibility index (Phi) is 4.93. The molecule has 0 spiro atoms. The maximum atomic E-state index is 12.6. The smallest absolute Gasteiger partial charge is 0.342 e. The van der Waals surface area contributed by atoms with Gasteiger partial charge in [-0.3, -0.25) is 4.79 Å². The van der Waals surface area contributed by atoms with Gasteiger partial charge in [0, 0.05) is 16.7 Å². The molecular formula is C23H17NO5. The van der Waals surface area contributed by atoms with Gasteiger partial charge in [0.15, 0.2) is 5.78 Å². The molecule has 1 aliphatic heterocycles. The van der Waals surface area contributed by atoms with Crippen LogP contribution < -0.4 is 5.73 Å². The first-order chi connectivity index (χ1) is 14.0. The fourth-order valence-electron chi connectivity index (χ4n) is 3.14. The van der Waals surface area contributed by atoms with Crippen LogP contribution in [-0.2, 0) is 14.3 Å². The Morgan fingerprint density at radius 2 is 1.59 bits per heavy atom. The monoisotopic (exact) mass is 387 g/mol. The van der Waals surface area contributed by atoms with Crippen molar-refractivity contribution in [3.8, 4) is 0 Å². The molecule has 6 heteroatoms. The lowest BCUT2D eigenvalue weighted by Crippen LogP contribution is -2.25. The molecule has 2 unspecified atom stereocenters. The maximum Gasteiger partial charge on any atom is 0.342 e. The fraction of sp³-hybridized carbons (Fsp3) is 0.0870. The number of ketones is 1. The average Bonchev–Trinajstić information content (AvgIpc) is 3.09. The van der Waals surface area contributed by atoms with Crippen molar-refractivity contribution in [3.05, 3.63) is 107 Å². The predicted molar refractivity (Wildman–Crippen MR) is 104 cm³/mol. The van der Waals surface area contributed by atoms with E-state index >= 15 is 0 Å². The van der Waals surface area contributed by atoms with Gasteiger partial charge in [0.2, 0.25) is 0 Å². The molecule has 3 aromatic rings. The van der Waals surface area contributed by atoms with Crippen molar-refractivity contribution in [2.24, 2.45) is 5.73 Å². The minimum Gasteiger partial charge on any atom is -0.419 e.